The fourth-order valence-electron chi connectivity index (χ4n) is 1.70. The summed E-state index contributed by atoms with van der Waals surface area (Å²) in [5.41, 5.74) is 1.96. The zero-order valence-electron chi connectivity index (χ0n) is 9.51. The third-order valence-electron chi connectivity index (χ3n) is 2.37. The number of nitrogens with zero attached hydrogens (tertiary/aromatic N) is 1. The Morgan fingerprint density at radius 1 is 1.38 bits per heavy atom. The minimum Gasteiger partial charge on any atom is -0.446 e. The van der Waals surface area contributed by atoms with Gasteiger partial charge in [0.2, 0.25) is 0 Å². The molecule has 0 fully saturated rings. The van der Waals surface area contributed by atoms with Crippen LogP contribution in [-0.2, 0) is 4.74 Å². The minimum atomic E-state index is -0.285. The lowest BCUT2D eigenvalue weighted by Crippen LogP contribution is -2.34. The van der Waals surface area contributed by atoms with Gasteiger partial charge in [-0.05, 0) is 25.5 Å². The molecule has 84 valence electrons. The number of para-hydroxylation sites is 1. The first-order chi connectivity index (χ1) is 7.68. The topological polar surface area (TPSA) is 29.5 Å². The summed E-state index contributed by atoms with van der Waals surface area (Å²) in [6.07, 6.45) is 3.61. The highest BCUT2D eigenvalue weighted by Crippen LogP contribution is 2.26. The highest BCUT2D eigenvalue weighted by molar-refractivity contribution is 5.92. The molecule has 1 aliphatic heterocycles. The highest BCUT2D eigenvalue weighted by atomic mass is 16.6. The molecule has 2 rings (SSSR count). The second-order valence-electron chi connectivity index (χ2n) is 4.00. The Morgan fingerprint density at radius 2 is 2.12 bits per heavy atom. The van der Waals surface area contributed by atoms with E-state index in [0.717, 1.165) is 11.3 Å². The number of carbonyl (C=O) groups is 1. The van der Waals surface area contributed by atoms with Crippen molar-refractivity contribution in [1.82, 2.24) is 0 Å². The zero-order chi connectivity index (χ0) is 11.5. The van der Waals surface area contributed by atoms with E-state index in [4.69, 9.17) is 4.74 Å². The van der Waals surface area contributed by atoms with Gasteiger partial charge < -0.3 is 4.74 Å². The molecule has 1 heterocycles. The summed E-state index contributed by atoms with van der Waals surface area (Å²) in [7, 11) is 0. The Bertz CT molecular complexity index is 424. The van der Waals surface area contributed by atoms with Gasteiger partial charge in [0.05, 0.1) is 11.8 Å². The summed E-state index contributed by atoms with van der Waals surface area (Å²) in [5, 5.41) is 0. The van der Waals surface area contributed by atoms with Crippen LogP contribution < -0.4 is 4.90 Å². The van der Waals surface area contributed by atoms with E-state index in [-0.39, 0.29) is 12.2 Å². The quantitative estimate of drug-likeness (QED) is 0.723. The van der Waals surface area contributed by atoms with Crippen molar-refractivity contribution >= 4 is 17.9 Å². The summed E-state index contributed by atoms with van der Waals surface area (Å²) in [5.74, 6) is 0. The summed E-state index contributed by atoms with van der Waals surface area (Å²) in [6, 6.07) is 7.80. The normalized spacial score (nSPS) is 13.8. The van der Waals surface area contributed by atoms with E-state index in [1.807, 2.05) is 50.3 Å². The summed E-state index contributed by atoms with van der Waals surface area (Å²) in [4.78, 5) is 13.5. The van der Waals surface area contributed by atoms with E-state index in [0.29, 0.717) is 6.54 Å². The molecule has 1 aliphatic rings. The molecule has 0 N–H and O–H groups in total. The van der Waals surface area contributed by atoms with Crippen molar-refractivity contribution in [3.63, 3.8) is 0 Å². The van der Waals surface area contributed by atoms with Crippen LogP contribution in [0, 0.1) is 0 Å². The molecule has 1 aromatic carbocycles. The van der Waals surface area contributed by atoms with Gasteiger partial charge in [-0.15, -0.1) is 0 Å². The van der Waals surface area contributed by atoms with E-state index >= 15 is 0 Å². The summed E-state index contributed by atoms with van der Waals surface area (Å²) in [6.45, 7) is 4.27. The smallest absolute Gasteiger partial charge is 0.414 e. The molecule has 0 radical (unpaired) electrons. The number of carbonyl (C=O) groups excluding carboxylic acids is 1. The van der Waals surface area contributed by atoms with Crippen molar-refractivity contribution in [3.05, 3.63) is 35.9 Å². The standard InChI is InChI=1S/C13H15NO2/c1-10(2)16-13(15)14-9-5-7-11-6-3-4-8-12(11)14/h3-8,10H,9H2,1-2H3. The van der Waals surface area contributed by atoms with Crippen molar-refractivity contribution in [2.45, 2.75) is 20.0 Å². The molecule has 3 nitrogen and oxygen atoms in total. The van der Waals surface area contributed by atoms with Gasteiger partial charge in [-0.25, -0.2) is 4.79 Å². The summed E-state index contributed by atoms with van der Waals surface area (Å²) >= 11 is 0. The predicted molar refractivity (Wildman–Crippen MR) is 64.4 cm³/mol. The van der Waals surface area contributed by atoms with E-state index in [9.17, 15) is 4.79 Å². The summed E-state index contributed by atoms with van der Waals surface area (Å²) < 4.78 is 5.20. The van der Waals surface area contributed by atoms with Gasteiger partial charge in [0.25, 0.3) is 0 Å². The molecule has 3 heteroatoms. The Balaban J connectivity index is 2.25. The van der Waals surface area contributed by atoms with Gasteiger partial charge in [0.15, 0.2) is 0 Å². The van der Waals surface area contributed by atoms with Crippen molar-refractivity contribution < 1.29 is 9.53 Å². The van der Waals surface area contributed by atoms with Crippen LogP contribution in [0.15, 0.2) is 30.3 Å². The van der Waals surface area contributed by atoms with E-state index in [1.54, 1.807) is 4.90 Å². The van der Waals surface area contributed by atoms with Crippen LogP contribution in [0.4, 0.5) is 10.5 Å². The van der Waals surface area contributed by atoms with Crippen LogP contribution in [0.3, 0.4) is 0 Å². The molecule has 0 aliphatic carbocycles. The second kappa shape index (κ2) is 4.39. The second-order valence-corrected chi connectivity index (χ2v) is 4.00. The SMILES string of the molecule is CC(C)OC(=O)N1CC=Cc2ccccc21. The lowest BCUT2D eigenvalue weighted by molar-refractivity contribution is 0.123. The average Bonchev–Trinajstić information content (AvgIpc) is 2.27. The maximum Gasteiger partial charge on any atom is 0.414 e. The Labute approximate surface area is 95.3 Å². The van der Waals surface area contributed by atoms with Crippen LogP contribution in [0.25, 0.3) is 6.08 Å². The third-order valence-corrected chi connectivity index (χ3v) is 2.37. The average molecular weight is 217 g/mol. The molecular formula is C13H15NO2. The van der Waals surface area contributed by atoms with Crippen LogP contribution in [0.1, 0.15) is 19.4 Å². The predicted octanol–water partition coefficient (Wildman–Crippen LogP) is 3.06. The molecule has 0 aromatic heterocycles. The van der Waals surface area contributed by atoms with E-state index in [2.05, 4.69) is 0 Å². The maximum atomic E-state index is 11.8. The van der Waals surface area contributed by atoms with Gasteiger partial charge in [0, 0.05) is 6.54 Å². The number of benzene rings is 1. The number of amides is 1. The van der Waals surface area contributed by atoms with Gasteiger partial charge in [0.1, 0.15) is 0 Å². The molecular weight excluding hydrogens is 202 g/mol. The number of fused-ring (bicyclic) bond motifs is 1. The van der Waals surface area contributed by atoms with Crippen LogP contribution in [0.5, 0.6) is 0 Å². The number of ether oxygens (including phenoxy) is 1. The number of rotatable bonds is 1. The number of hydrogen-bond donors (Lipinski definition) is 0. The molecule has 16 heavy (non-hydrogen) atoms. The number of anilines is 1. The van der Waals surface area contributed by atoms with Crippen LogP contribution >= 0.6 is 0 Å². The zero-order valence-corrected chi connectivity index (χ0v) is 9.51. The van der Waals surface area contributed by atoms with Crippen molar-refractivity contribution in [1.29, 1.82) is 0 Å². The van der Waals surface area contributed by atoms with Crippen molar-refractivity contribution in [3.8, 4) is 0 Å². The maximum absolute atomic E-state index is 11.8. The molecule has 0 saturated carbocycles. The molecule has 1 amide bonds. The van der Waals surface area contributed by atoms with Crippen molar-refractivity contribution in [2.24, 2.45) is 0 Å². The van der Waals surface area contributed by atoms with Gasteiger partial charge in [-0.1, -0.05) is 30.4 Å². The Kier molecular flexibility index (Phi) is 2.95. The highest BCUT2D eigenvalue weighted by Gasteiger charge is 2.21. The molecule has 0 atom stereocenters. The monoisotopic (exact) mass is 217 g/mol. The molecule has 0 spiro atoms. The van der Waals surface area contributed by atoms with Crippen molar-refractivity contribution in [2.75, 3.05) is 11.4 Å². The minimum absolute atomic E-state index is 0.0921. The first-order valence-corrected chi connectivity index (χ1v) is 5.42. The van der Waals surface area contributed by atoms with Crippen LogP contribution in [-0.4, -0.2) is 18.7 Å². The van der Waals surface area contributed by atoms with Gasteiger partial charge in [-0.3, -0.25) is 4.90 Å². The Hall–Kier alpha value is -1.77. The largest absolute Gasteiger partial charge is 0.446 e. The van der Waals surface area contributed by atoms with Gasteiger partial charge in [-0.2, -0.15) is 0 Å². The van der Waals surface area contributed by atoms with Crippen LogP contribution in [0.2, 0.25) is 0 Å². The number of hydrogen-bond acceptors (Lipinski definition) is 2. The molecule has 0 unspecified atom stereocenters. The van der Waals surface area contributed by atoms with E-state index in [1.165, 1.54) is 0 Å². The molecule has 1 aromatic rings. The third kappa shape index (κ3) is 2.08. The van der Waals surface area contributed by atoms with Gasteiger partial charge >= 0.3 is 6.09 Å². The van der Waals surface area contributed by atoms with E-state index < -0.39 is 0 Å². The lowest BCUT2D eigenvalue weighted by atomic mass is 10.1. The fraction of sp³-hybridized carbons (Fsp3) is 0.308. The molecule has 0 saturated heterocycles. The molecule has 0 bridgehead atoms. The lowest BCUT2D eigenvalue weighted by Gasteiger charge is -2.26. The fourth-order valence-corrected chi connectivity index (χ4v) is 1.70. The Morgan fingerprint density at radius 3 is 2.88 bits per heavy atom. The first-order valence-electron chi connectivity index (χ1n) is 5.42. The first kappa shape index (κ1) is 10.7.